The smallest absolute Gasteiger partial charge is 0.326 e. The van der Waals surface area contributed by atoms with Crippen LogP contribution in [0.1, 0.15) is 27.9 Å². The first-order valence-corrected chi connectivity index (χ1v) is 5.92. The number of nitrogens with one attached hydrogen (secondary N) is 1. The number of amides is 1. The fourth-order valence-corrected chi connectivity index (χ4v) is 1.93. The van der Waals surface area contributed by atoms with Crippen molar-refractivity contribution in [1.29, 1.82) is 0 Å². The molecule has 0 unspecified atom stereocenters. The molecule has 1 aromatic carbocycles. The normalized spacial score (nSPS) is 14.4. The van der Waals surface area contributed by atoms with Crippen LogP contribution in [0.5, 0.6) is 0 Å². The van der Waals surface area contributed by atoms with E-state index in [0.717, 1.165) is 11.1 Å². The third kappa shape index (κ3) is 3.12. The van der Waals surface area contributed by atoms with Crippen molar-refractivity contribution in [1.82, 2.24) is 5.32 Å². The lowest BCUT2D eigenvalue weighted by atomic mass is 10.1. The molecule has 0 radical (unpaired) electrons. The Morgan fingerprint density at radius 3 is 2.55 bits per heavy atom. The fourth-order valence-electron chi connectivity index (χ4n) is 1.93. The van der Waals surface area contributed by atoms with Gasteiger partial charge in [-0.1, -0.05) is 6.07 Å². The van der Waals surface area contributed by atoms with Gasteiger partial charge in [0.1, 0.15) is 6.04 Å². The summed E-state index contributed by atoms with van der Waals surface area (Å²) >= 11 is 0. The number of ether oxygens (including phenoxy) is 1. The summed E-state index contributed by atoms with van der Waals surface area (Å²) in [6.07, 6.45) is -0.672. The molecular weight excluding hydrogens is 266 g/mol. The lowest BCUT2D eigenvalue weighted by Gasteiger charge is -2.12. The third-order valence-corrected chi connectivity index (χ3v) is 2.97. The summed E-state index contributed by atoms with van der Waals surface area (Å²) in [5, 5.41) is 19.7. The summed E-state index contributed by atoms with van der Waals surface area (Å²) in [6.45, 7) is 0.905. The van der Waals surface area contributed by atoms with E-state index in [-0.39, 0.29) is 5.56 Å². The van der Waals surface area contributed by atoms with Crippen LogP contribution in [-0.4, -0.2) is 34.1 Å². The van der Waals surface area contributed by atoms with E-state index in [1.807, 2.05) is 0 Å². The minimum atomic E-state index is -1.45. The Hall–Kier alpha value is -2.41. The first-order valence-electron chi connectivity index (χ1n) is 5.92. The van der Waals surface area contributed by atoms with Gasteiger partial charge in [-0.05, 0) is 23.3 Å². The molecule has 106 valence electrons. The van der Waals surface area contributed by atoms with Gasteiger partial charge >= 0.3 is 11.9 Å². The maximum atomic E-state index is 11.9. The van der Waals surface area contributed by atoms with Crippen molar-refractivity contribution in [2.45, 2.75) is 25.7 Å². The van der Waals surface area contributed by atoms with Gasteiger partial charge in [0.2, 0.25) is 0 Å². The van der Waals surface area contributed by atoms with E-state index < -0.39 is 30.3 Å². The summed E-state index contributed by atoms with van der Waals surface area (Å²) in [5.41, 5.74) is 2.15. The molecule has 0 fully saturated rings. The monoisotopic (exact) mass is 279 g/mol. The molecule has 1 aliphatic rings. The Bertz CT molecular complexity index is 568. The van der Waals surface area contributed by atoms with Gasteiger partial charge in [0.25, 0.3) is 5.91 Å². The lowest BCUT2D eigenvalue weighted by molar-refractivity contribution is -0.145. The lowest BCUT2D eigenvalue weighted by Crippen LogP contribution is -2.42. The number of carbonyl (C=O) groups is 3. The molecule has 20 heavy (non-hydrogen) atoms. The van der Waals surface area contributed by atoms with Crippen LogP contribution in [0.25, 0.3) is 0 Å². The van der Waals surface area contributed by atoms with Crippen LogP contribution in [0.3, 0.4) is 0 Å². The second-order valence-corrected chi connectivity index (χ2v) is 4.44. The van der Waals surface area contributed by atoms with Crippen molar-refractivity contribution in [2.75, 3.05) is 0 Å². The van der Waals surface area contributed by atoms with E-state index in [9.17, 15) is 14.4 Å². The Morgan fingerprint density at radius 1 is 1.20 bits per heavy atom. The number of fused-ring (bicyclic) bond motifs is 1. The Balaban J connectivity index is 2.10. The highest BCUT2D eigenvalue weighted by Crippen LogP contribution is 2.20. The zero-order valence-corrected chi connectivity index (χ0v) is 10.5. The largest absolute Gasteiger partial charge is 0.481 e. The van der Waals surface area contributed by atoms with Crippen molar-refractivity contribution in [3.8, 4) is 0 Å². The second-order valence-electron chi connectivity index (χ2n) is 4.44. The van der Waals surface area contributed by atoms with Gasteiger partial charge in [-0.2, -0.15) is 0 Å². The predicted octanol–water partition coefficient (Wildman–Crippen LogP) is 0.374. The molecular formula is C13H13NO6. The summed E-state index contributed by atoms with van der Waals surface area (Å²) in [4.78, 5) is 33.4. The van der Waals surface area contributed by atoms with Crippen molar-refractivity contribution in [3.05, 3.63) is 34.9 Å². The van der Waals surface area contributed by atoms with E-state index in [4.69, 9.17) is 14.9 Å². The molecule has 0 aliphatic carbocycles. The molecule has 3 N–H and O–H groups in total. The molecule has 1 heterocycles. The van der Waals surface area contributed by atoms with Gasteiger partial charge in [0.15, 0.2) is 0 Å². The number of carboxylic acids is 2. The molecule has 1 atom stereocenters. The van der Waals surface area contributed by atoms with Crippen molar-refractivity contribution < 1.29 is 29.3 Å². The quantitative estimate of drug-likeness (QED) is 0.718. The number of hydrogen-bond donors (Lipinski definition) is 3. The highest BCUT2D eigenvalue weighted by Gasteiger charge is 2.24. The molecule has 0 spiro atoms. The average Bonchev–Trinajstić information content (AvgIpc) is 2.84. The van der Waals surface area contributed by atoms with Gasteiger partial charge in [-0.25, -0.2) is 4.79 Å². The molecule has 0 bridgehead atoms. The van der Waals surface area contributed by atoms with Crippen molar-refractivity contribution in [3.63, 3.8) is 0 Å². The van der Waals surface area contributed by atoms with Gasteiger partial charge in [0, 0.05) is 5.56 Å². The number of rotatable bonds is 5. The molecule has 7 heteroatoms. The minimum Gasteiger partial charge on any atom is -0.481 e. The van der Waals surface area contributed by atoms with E-state index >= 15 is 0 Å². The van der Waals surface area contributed by atoms with Crippen LogP contribution < -0.4 is 5.32 Å². The Kier molecular flexibility index (Phi) is 3.99. The maximum Gasteiger partial charge on any atom is 0.326 e. The van der Waals surface area contributed by atoms with Crippen LogP contribution in [0.15, 0.2) is 18.2 Å². The molecule has 2 rings (SSSR count). The molecule has 0 saturated carbocycles. The van der Waals surface area contributed by atoms with Crippen molar-refractivity contribution >= 4 is 17.8 Å². The number of benzene rings is 1. The third-order valence-electron chi connectivity index (χ3n) is 2.97. The minimum absolute atomic E-state index is 0.283. The second kappa shape index (κ2) is 5.70. The highest BCUT2D eigenvalue weighted by atomic mass is 16.5. The number of aliphatic carboxylic acids is 2. The van der Waals surface area contributed by atoms with Crippen molar-refractivity contribution in [2.24, 2.45) is 0 Å². The van der Waals surface area contributed by atoms with Crippen LogP contribution >= 0.6 is 0 Å². The standard InChI is InChI=1S/C13H13NO6/c15-11(16)4-10(13(18)19)14-12(17)7-1-2-8-5-20-6-9(8)3-7/h1-3,10H,4-6H2,(H,14,17)(H,15,16)(H,18,19)/t10-/m1/s1. The van der Waals surface area contributed by atoms with Gasteiger partial charge in [-0.3, -0.25) is 9.59 Å². The average molecular weight is 279 g/mol. The molecule has 0 saturated heterocycles. The summed E-state index contributed by atoms with van der Waals surface area (Å²) in [7, 11) is 0. The van der Waals surface area contributed by atoms with E-state index in [1.54, 1.807) is 18.2 Å². The van der Waals surface area contributed by atoms with Gasteiger partial charge in [0.05, 0.1) is 19.6 Å². The van der Waals surface area contributed by atoms with E-state index in [1.165, 1.54) is 0 Å². The fraction of sp³-hybridized carbons (Fsp3) is 0.308. The van der Waals surface area contributed by atoms with Gasteiger partial charge < -0.3 is 20.3 Å². The van der Waals surface area contributed by atoms with Crippen LogP contribution in [0.2, 0.25) is 0 Å². The Morgan fingerprint density at radius 2 is 1.90 bits per heavy atom. The number of carboxylic acid groups (broad SMARTS) is 2. The number of hydrogen-bond acceptors (Lipinski definition) is 4. The van der Waals surface area contributed by atoms with Crippen LogP contribution in [-0.2, 0) is 27.5 Å². The summed E-state index contributed by atoms with van der Waals surface area (Å²) in [5.74, 6) is -3.29. The molecule has 1 aromatic rings. The van der Waals surface area contributed by atoms with E-state index in [2.05, 4.69) is 5.32 Å². The molecule has 1 amide bonds. The first kappa shape index (κ1) is 14.0. The SMILES string of the molecule is O=C(O)C[C@@H](NC(=O)c1ccc2c(c1)COC2)C(=O)O. The summed E-state index contributed by atoms with van der Waals surface area (Å²) in [6, 6.07) is 3.47. The summed E-state index contributed by atoms with van der Waals surface area (Å²) < 4.78 is 5.22. The zero-order chi connectivity index (χ0) is 14.7. The van der Waals surface area contributed by atoms with Crippen LogP contribution in [0, 0.1) is 0 Å². The zero-order valence-electron chi connectivity index (χ0n) is 10.5. The van der Waals surface area contributed by atoms with Crippen LogP contribution in [0.4, 0.5) is 0 Å². The topological polar surface area (TPSA) is 113 Å². The first-order chi connectivity index (χ1) is 9.47. The predicted molar refractivity (Wildman–Crippen MR) is 66.1 cm³/mol. The molecule has 1 aliphatic heterocycles. The highest BCUT2D eigenvalue weighted by molar-refractivity contribution is 5.97. The van der Waals surface area contributed by atoms with Gasteiger partial charge in [-0.15, -0.1) is 0 Å². The molecule has 0 aromatic heterocycles. The molecule has 7 nitrogen and oxygen atoms in total. The van der Waals surface area contributed by atoms with E-state index in [0.29, 0.717) is 13.2 Å². The number of carbonyl (C=O) groups excluding carboxylic acids is 1. The Labute approximate surface area is 114 Å². The maximum absolute atomic E-state index is 11.9.